The Bertz CT molecular complexity index is 308. The molecule has 0 saturated carbocycles. The Morgan fingerprint density at radius 3 is 1.38 bits per heavy atom. The van der Waals surface area contributed by atoms with Gasteiger partial charge in [-0.15, -0.1) is 0 Å². The number of nitrogens with zero attached hydrogens (tertiary/aromatic N) is 2. The number of carbonyl (C=O) groups excluding carboxylic acids is 2. The molecule has 4 heteroatoms. The molecule has 21 heavy (non-hydrogen) atoms. The van der Waals surface area contributed by atoms with E-state index < -0.39 is 0 Å². The molecule has 0 aliphatic carbocycles. The first-order chi connectivity index (χ1) is 10.1. The third kappa shape index (κ3) is 8.33. The second kappa shape index (κ2) is 12.2. The summed E-state index contributed by atoms with van der Waals surface area (Å²) in [4.78, 5) is 27.2. The van der Waals surface area contributed by atoms with Gasteiger partial charge in [0.2, 0.25) is 11.8 Å². The van der Waals surface area contributed by atoms with Crippen molar-refractivity contribution in [3.63, 3.8) is 0 Å². The molecule has 0 atom stereocenters. The molecule has 0 saturated heterocycles. The Kier molecular flexibility index (Phi) is 11.3. The maximum atomic E-state index is 11.8. The largest absolute Gasteiger partial charge is 0.339 e. The lowest BCUT2D eigenvalue weighted by Crippen LogP contribution is -2.36. The molecule has 0 aliphatic rings. The van der Waals surface area contributed by atoms with Gasteiger partial charge in [-0.05, 0) is 31.4 Å². The van der Waals surface area contributed by atoms with Gasteiger partial charge in [-0.1, -0.05) is 39.8 Å². The van der Waals surface area contributed by atoms with E-state index in [4.69, 9.17) is 0 Å². The van der Waals surface area contributed by atoms with E-state index in [0.717, 1.165) is 45.2 Å². The lowest BCUT2D eigenvalue weighted by molar-refractivity contribution is -0.126. The number of amides is 2. The van der Waals surface area contributed by atoms with Crippen molar-refractivity contribution in [3.05, 3.63) is 25.3 Å². The zero-order chi connectivity index (χ0) is 16.1. The van der Waals surface area contributed by atoms with Crippen molar-refractivity contribution in [2.45, 2.75) is 46.0 Å². The van der Waals surface area contributed by atoms with Crippen molar-refractivity contribution in [2.75, 3.05) is 26.2 Å². The van der Waals surface area contributed by atoms with Crippen LogP contribution in [0, 0.1) is 0 Å². The summed E-state index contributed by atoms with van der Waals surface area (Å²) in [7, 11) is 0. The average molecular weight is 294 g/mol. The quantitative estimate of drug-likeness (QED) is 0.519. The number of hydrogen-bond donors (Lipinski definition) is 0. The van der Waals surface area contributed by atoms with Crippen molar-refractivity contribution in [1.82, 2.24) is 9.80 Å². The Morgan fingerprint density at radius 2 is 1.10 bits per heavy atom. The molecule has 4 nitrogen and oxygen atoms in total. The van der Waals surface area contributed by atoms with Crippen LogP contribution in [0.2, 0.25) is 0 Å². The third-order valence-corrected chi connectivity index (χ3v) is 3.39. The number of carbonyl (C=O) groups is 2. The molecule has 0 spiro atoms. The Labute approximate surface area is 129 Å². The SMILES string of the molecule is C=CC(=O)N(CCCC)CCCN(CCCC)C(=O)C=C. The maximum absolute atomic E-state index is 11.8. The molecular weight excluding hydrogens is 264 g/mol. The van der Waals surface area contributed by atoms with Crippen LogP contribution in [0.1, 0.15) is 46.0 Å². The highest BCUT2D eigenvalue weighted by molar-refractivity contribution is 5.87. The zero-order valence-electron chi connectivity index (χ0n) is 13.6. The zero-order valence-corrected chi connectivity index (χ0v) is 13.6. The van der Waals surface area contributed by atoms with E-state index in [1.807, 2.05) is 9.80 Å². The van der Waals surface area contributed by atoms with Crippen LogP contribution >= 0.6 is 0 Å². The van der Waals surface area contributed by atoms with E-state index in [1.165, 1.54) is 12.2 Å². The van der Waals surface area contributed by atoms with Crippen molar-refractivity contribution in [1.29, 1.82) is 0 Å². The van der Waals surface area contributed by atoms with E-state index in [1.54, 1.807) is 0 Å². The van der Waals surface area contributed by atoms with Gasteiger partial charge in [0, 0.05) is 26.2 Å². The highest BCUT2D eigenvalue weighted by Gasteiger charge is 2.12. The Balaban J connectivity index is 4.34. The van der Waals surface area contributed by atoms with Gasteiger partial charge in [0.05, 0.1) is 0 Å². The molecule has 0 unspecified atom stereocenters. The van der Waals surface area contributed by atoms with Crippen molar-refractivity contribution < 1.29 is 9.59 Å². The fraction of sp³-hybridized carbons (Fsp3) is 0.647. The molecule has 0 rings (SSSR count). The fourth-order valence-electron chi connectivity index (χ4n) is 2.07. The minimum absolute atomic E-state index is 0.0291. The van der Waals surface area contributed by atoms with Crippen molar-refractivity contribution >= 4 is 11.8 Å². The average Bonchev–Trinajstić information content (AvgIpc) is 2.51. The molecule has 0 aromatic heterocycles. The lowest BCUT2D eigenvalue weighted by atomic mass is 10.2. The molecule has 120 valence electrons. The smallest absolute Gasteiger partial charge is 0.245 e. The van der Waals surface area contributed by atoms with Gasteiger partial charge in [-0.3, -0.25) is 9.59 Å². The van der Waals surface area contributed by atoms with Crippen LogP contribution in [-0.2, 0) is 9.59 Å². The predicted octanol–water partition coefficient (Wildman–Crippen LogP) is 3.01. The molecule has 0 aromatic carbocycles. The maximum Gasteiger partial charge on any atom is 0.245 e. The topological polar surface area (TPSA) is 40.6 Å². The summed E-state index contributed by atoms with van der Waals surface area (Å²) in [5.74, 6) is -0.0581. The monoisotopic (exact) mass is 294 g/mol. The van der Waals surface area contributed by atoms with Crippen LogP contribution in [0.3, 0.4) is 0 Å². The van der Waals surface area contributed by atoms with Crippen molar-refractivity contribution in [3.8, 4) is 0 Å². The summed E-state index contributed by atoms with van der Waals surface area (Å²) in [5.41, 5.74) is 0. The van der Waals surface area contributed by atoms with E-state index in [9.17, 15) is 9.59 Å². The first kappa shape index (κ1) is 19.4. The van der Waals surface area contributed by atoms with E-state index in [2.05, 4.69) is 27.0 Å². The van der Waals surface area contributed by atoms with Crippen LogP contribution in [0.4, 0.5) is 0 Å². The summed E-state index contributed by atoms with van der Waals surface area (Å²) in [6, 6.07) is 0. The molecule has 0 aliphatic heterocycles. The summed E-state index contributed by atoms with van der Waals surface area (Å²) in [5, 5.41) is 0. The van der Waals surface area contributed by atoms with Crippen LogP contribution in [0.25, 0.3) is 0 Å². The summed E-state index contributed by atoms with van der Waals surface area (Å²) >= 11 is 0. The van der Waals surface area contributed by atoms with Gasteiger partial charge in [-0.2, -0.15) is 0 Å². The Morgan fingerprint density at radius 1 is 0.762 bits per heavy atom. The molecule has 0 aromatic rings. The van der Waals surface area contributed by atoms with Crippen LogP contribution in [-0.4, -0.2) is 47.8 Å². The highest BCUT2D eigenvalue weighted by Crippen LogP contribution is 2.03. The van der Waals surface area contributed by atoms with Crippen LogP contribution in [0.5, 0.6) is 0 Å². The van der Waals surface area contributed by atoms with Gasteiger partial charge >= 0.3 is 0 Å². The molecule has 0 heterocycles. The third-order valence-electron chi connectivity index (χ3n) is 3.39. The summed E-state index contributed by atoms with van der Waals surface area (Å²) < 4.78 is 0. The fourth-order valence-corrected chi connectivity index (χ4v) is 2.07. The number of rotatable bonds is 12. The molecule has 0 bridgehead atoms. The Hall–Kier alpha value is -1.58. The van der Waals surface area contributed by atoms with Crippen molar-refractivity contribution in [2.24, 2.45) is 0 Å². The minimum atomic E-state index is -0.0291. The van der Waals surface area contributed by atoms with Gasteiger partial charge in [0.1, 0.15) is 0 Å². The van der Waals surface area contributed by atoms with Gasteiger partial charge in [0.15, 0.2) is 0 Å². The van der Waals surface area contributed by atoms with Crippen LogP contribution < -0.4 is 0 Å². The number of hydrogen-bond acceptors (Lipinski definition) is 2. The normalized spacial score (nSPS) is 10.0. The first-order valence-electron chi connectivity index (χ1n) is 7.93. The van der Waals surface area contributed by atoms with Gasteiger partial charge < -0.3 is 9.80 Å². The van der Waals surface area contributed by atoms with Gasteiger partial charge in [-0.25, -0.2) is 0 Å². The van der Waals surface area contributed by atoms with E-state index in [-0.39, 0.29) is 11.8 Å². The van der Waals surface area contributed by atoms with E-state index >= 15 is 0 Å². The second-order valence-corrected chi connectivity index (χ2v) is 5.12. The predicted molar refractivity (Wildman–Crippen MR) is 88.0 cm³/mol. The summed E-state index contributed by atoms with van der Waals surface area (Å²) in [6.45, 7) is 14.1. The first-order valence-corrected chi connectivity index (χ1v) is 7.93. The molecule has 0 N–H and O–H groups in total. The lowest BCUT2D eigenvalue weighted by Gasteiger charge is -2.25. The molecular formula is C17H30N2O2. The minimum Gasteiger partial charge on any atom is -0.339 e. The molecule has 0 radical (unpaired) electrons. The molecule has 0 fully saturated rings. The molecule has 2 amide bonds. The number of unbranched alkanes of at least 4 members (excludes halogenated alkanes) is 2. The van der Waals surface area contributed by atoms with Crippen LogP contribution in [0.15, 0.2) is 25.3 Å². The second-order valence-electron chi connectivity index (χ2n) is 5.12. The standard InChI is InChI=1S/C17H30N2O2/c1-5-9-12-18(16(20)7-3)14-11-15-19(13-10-6-2)17(21)8-4/h7-8H,3-6,9-15H2,1-2H3. The van der Waals surface area contributed by atoms with E-state index in [0.29, 0.717) is 13.1 Å². The summed E-state index contributed by atoms with van der Waals surface area (Å²) in [6.07, 6.45) is 7.60. The highest BCUT2D eigenvalue weighted by atomic mass is 16.2. The van der Waals surface area contributed by atoms with Gasteiger partial charge in [0.25, 0.3) is 0 Å².